The molecule has 1 amide bonds. The SMILES string of the molecule is NCC1(CC(=O)NCC2CSCCS2)CCC1. The monoisotopic (exact) mass is 274 g/mol. The first-order valence-corrected chi connectivity index (χ1v) is 8.61. The number of rotatable bonds is 5. The third-order valence-electron chi connectivity index (χ3n) is 3.79. The van der Waals surface area contributed by atoms with Crippen molar-refractivity contribution in [1.82, 2.24) is 5.32 Å². The van der Waals surface area contributed by atoms with Gasteiger partial charge in [-0.2, -0.15) is 23.5 Å². The second kappa shape index (κ2) is 6.34. The summed E-state index contributed by atoms with van der Waals surface area (Å²) in [7, 11) is 0. The van der Waals surface area contributed by atoms with E-state index in [0.29, 0.717) is 18.2 Å². The molecule has 98 valence electrons. The van der Waals surface area contributed by atoms with Crippen molar-refractivity contribution in [2.45, 2.75) is 30.9 Å². The van der Waals surface area contributed by atoms with E-state index in [1.54, 1.807) is 0 Å². The molecular weight excluding hydrogens is 252 g/mol. The number of thioether (sulfide) groups is 2. The molecule has 1 saturated heterocycles. The highest BCUT2D eigenvalue weighted by Crippen LogP contribution is 2.42. The highest BCUT2D eigenvalue weighted by Gasteiger charge is 2.37. The van der Waals surface area contributed by atoms with Crippen molar-refractivity contribution in [3.8, 4) is 0 Å². The number of nitrogens with one attached hydrogen (secondary N) is 1. The van der Waals surface area contributed by atoms with Crippen LogP contribution in [0, 0.1) is 5.41 Å². The third-order valence-corrected chi connectivity index (χ3v) is 6.64. The lowest BCUT2D eigenvalue weighted by atomic mass is 9.66. The molecule has 1 atom stereocenters. The van der Waals surface area contributed by atoms with Crippen LogP contribution >= 0.6 is 23.5 Å². The van der Waals surface area contributed by atoms with Crippen LogP contribution < -0.4 is 11.1 Å². The molecule has 0 aromatic carbocycles. The molecule has 0 aromatic heterocycles. The Kier molecular flexibility index (Phi) is 5.06. The largest absolute Gasteiger partial charge is 0.355 e. The molecule has 1 aliphatic heterocycles. The van der Waals surface area contributed by atoms with Gasteiger partial charge in [0.15, 0.2) is 0 Å². The first kappa shape index (κ1) is 13.6. The maximum absolute atomic E-state index is 11.9. The Balaban J connectivity index is 1.66. The van der Waals surface area contributed by atoms with E-state index in [9.17, 15) is 4.79 Å². The summed E-state index contributed by atoms with van der Waals surface area (Å²) in [5, 5.41) is 3.69. The molecule has 17 heavy (non-hydrogen) atoms. The molecule has 2 rings (SSSR count). The van der Waals surface area contributed by atoms with Crippen LogP contribution in [0.3, 0.4) is 0 Å². The minimum Gasteiger partial charge on any atom is -0.355 e. The van der Waals surface area contributed by atoms with Crippen molar-refractivity contribution in [1.29, 1.82) is 0 Å². The van der Waals surface area contributed by atoms with Gasteiger partial charge in [0.1, 0.15) is 0 Å². The molecule has 1 unspecified atom stereocenters. The van der Waals surface area contributed by atoms with E-state index in [2.05, 4.69) is 5.32 Å². The van der Waals surface area contributed by atoms with Crippen LogP contribution in [-0.4, -0.2) is 41.5 Å². The predicted octanol–water partition coefficient (Wildman–Crippen LogP) is 1.47. The zero-order chi connectivity index (χ0) is 12.1. The van der Waals surface area contributed by atoms with Gasteiger partial charge in [-0.05, 0) is 24.8 Å². The molecule has 1 saturated carbocycles. The highest BCUT2D eigenvalue weighted by atomic mass is 32.2. The molecule has 2 fully saturated rings. The van der Waals surface area contributed by atoms with E-state index >= 15 is 0 Å². The first-order valence-electron chi connectivity index (χ1n) is 6.40. The van der Waals surface area contributed by atoms with Crippen LogP contribution in [0.15, 0.2) is 0 Å². The molecule has 0 bridgehead atoms. The lowest BCUT2D eigenvalue weighted by molar-refractivity contribution is -0.124. The number of nitrogens with two attached hydrogens (primary N) is 1. The number of carbonyl (C=O) groups is 1. The summed E-state index contributed by atoms with van der Waals surface area (Å²) in [5.41, 5.74) is 5.91. The minimum atomic E-state index is 0.137. The van der Waals surface area contributed by atoms with Gasteiger partial charge in [0, 0.05) is 35.5 Å². The van der Waals surface area contributed by atoms with Crippen molar-refractivity contribution >= 4 is 29.4 Å². The zero-order valence-electron chi connectivity index (χ0n) is 10.2. The van der Waals surface area contributed by atoms with E-state index in [1.165, 1.54) is 23.7 Å². The smallest absolute Gasteiger partial charge is 0.220 e. The van der Waals surface area contributed by atoms with E-state index in [0.717, 1.165) is 19.4 Å². The van der Waals surface area contributed by atoms with Gasteiger partial charge in [0.05, 0.1) is 0 Å². The van der Waals surface area contributed by atoms with Gasteiger partial charge >= 0.3 is 0 Å². The molecule has 2 aliphatic rings. The molecule has 3 nitrogen and oxygen atoms in total. The lowest BCUT2D eigenvalue weighted by Gasteiger charge is -2.40. The lowest BCUT2D eigenvalue weighted by Crippen LogP contribution is -2.43. The van der Waals surface area contributed by atoms with Gasteiger partial charge in [0.2, 0.25) is 5.91 Å². The summed E-state index contributed by atoms with van der Waals surface area (Å²) in [5.74, 6) is 3.85. The Labute approximate surface area is 112 Å². The van der Waals surface area contributed by atoms with E-state index in [1.807, 2.05) is 23.5 Å². The average molecular weight is 274 g/mol. The minimum absolute atomic E-state index is 0.137. The van der Waals surface area contributed by atoms with Gasteiger partial charge in [-0.1, -0.05) is 6.42 Å². The summed E-state index contributed by atoms with van der Waals surface area (Å²) in [4.78, 5) is 11.9. The normalized spacial score (nSPS) is 27.2. The second-order valence-corrected chi connectivity index (χ2v) is 7.66. The Bertz CT molecular complexity index is 258. The Hall–Kier alpha value is 0.130. The Morgan fingerprint density at radius 2 is 2.24 bits per heavy atom. The number of amides is 1. The molecule has 1 aliphatic carbocycles. The van der Waals surface area contributed by atoms with E-state index < -0.39 is 0 Å². The Morgan fingerprint density at radius 3 is 2.76 bits per heavy atom. The van der Waals surface area contributed by atoms with Crippen molar-refractivity contribution in [3.05, 3.63) is 0 Å². The molecule has 0 aromatic rings. The molecule has 0 radical (unpaired) electrons. The van der Waals surface area contributed by atoms with E-state index in [4.69, 9.17) is 5.73 Å². The average Bonchev–Trinajstić information content (AvgIpc) is 2.33. The van der Waals surface area contributed by atoms with Crippen LogP contribution in [0.2, 0.25) is 0 Å². The van der Waals surface area contributed by atoms with Gasteiger partial charge < -0.3 is 11.1 Å². The quantitative estimate of drug-likeness (QED) is 0.797. The van der Waals surface area contributed by atoms with Gasteiger partial charge in [0.25, 0.3) is 0 Å². The van der Waals surface area contributed by atoms with Crippen molar-refractivity contribution in [2.75, 3.05) is 30.3 Å². The van der Waals surface area contributed by atoms with Gasteiger partial charge in [-0.3, -0.25) is 4.79 Å². The van der Waals surface area contributed by atoms with Gasteiger partial charge in [-0.15, -0.1) is 0 Å². The topological polar surface area (TPSA) is 55.1 Å². The fourth-order valence-electron chi connectivity index (χ4n) is 2.42. The summed E-state index contributed by atoms with van der Waals surface area (Å²) in [6, 6.07) is 0. The molecular formula is C12H22N2OS2. The first-order chi connectivity index (χ1) is 8.24. The van der Waals surface area contributed by atoms with E-state index in [-0.39, 0.29) is 11.3 Å². The zero-order valence-corrected chi connectivity index (χ0v) is 11.9. The van der Waals surface area contributed by atoms with Crippen LogP contribution in [0.25, 0.3) is 0 Å². The predicted molar refractivity (Wildman–Crippen MR) is 76.5 cm³/mol. The second-order valence-electron chi connectivity index (χ2n) is 5.11. The molecule has 0 spiro atoms. The van der Waals surface area contributed by atoms with Crippen molar-refractivity contribution < 1.29 is 4.79 Å². The summed E-state index contributed by atoms with van der Waals surface area (Å²) < 4.78 is 0. The maximum Gasteiger partial charge on any atom is 0.220 e. The maximum atomic E-state index is 11.9. The highest BCUT2D eigenvalue weighted by molar-refractivity contribution is 8.06. The fraction of sp³-hybridized carbons (Fsp3) is 0.917. The molecule has 5 heteroatoms. The van der Waals surface area contributed by atoms with Crippen LogP contribution in [0.5, 0.6) is 0 Å². The molecule has 3 N–H and O–H groups in total. The molecule has 1 heterocycles. The number of carbonyl (C=O) groups excluding carboxylic acids is 1. The third kappa shape index (κ3) is 3.80. The van der Waals surface area contributed by atoms with Crippen LogP contribution in [-0.2, 0) is 4.79 Å². The summed E-state index contributed by atoms with van der Waals surface area (Å²) in [6.45, 7) is 1.49. The fourth-order valence-corrected chi connectivity index (χ4v) is 5.03. The number of hydrogen-bond acceptors (Lipinski definition) is 4. The van der Waals surface area contributed by atoms with Crippen molar-refractivity contribution in [2.24, 2.45) is 11.1 Å². The summed E-state index contributed by atoms with van der Waals surface area (Å²) >= 11 is 3.98. The van der Waals surface area contributed by atoms with Crippen molar-refractivity contribution in [3.63, 3.8) is 0 Å². The van der Waals surface area contributed by atoms with Crippen LogP contribution in [0.4, 0.5) is 0 Å². The Morgan fingerprint density at radius 1 is 1.41 bits per heavy atom. The van der Waals surface area contributed by atoms with Gasteiger partial charge in [-0.25, -0.2) is 0 Å². The number of hydrogen-bond donors (Lipinski definition) is 2. The van der Waals surface area contributed by atoms with Crippen LogP contribution in [0.1, 0.15) is 25.7 Å². The summed E-state index contributed by atoms with van der Waals surface area (Å²) in [6.07, 6.45) is 4.13. The standard InChI is InChI=1S/C12H22N2OS2/c13-9-12(2-1-3-12)6-11(15)14-7-10-8-16-4-5-17-10/h10H,1-9,13H2,(H,14,15).